The highest BCUT2D eigenvalue weighted by Gasteiger charge is 2.32. The van der Waals surface area contributed by atoms with Gasteiger partial charge in [0.1, 0.15) is 0 Å². The minimum atomic E-state index is -0.736. The van der Waals surface area contributed by atoms with Crippen molar-refractivity contribution < 1.29 is 24.1 Å². The molecule has 8 nitrogen and oxygen atoms in total. The molecule has 0 radical (unpaired) electrons. The molecule has 4 atom stereocenters. The van der Waals surface area contributed by atoms with Crippen molar-refractivity contribution in [2.75, 3.05) is 47.1 Å². The molecule has 0 aromatic heterocycles. The Bertz CT molecular complexity index is 930. The lowest BCUT2D eigenvalue weighted by Crippen LogP contribution is -2.48. The molecule has 1 saturated heterocycles. The van der Waals surface area contributed by atoms with Crippen molar-refractivity contribution in [2.24, 2.45) is 35.3 Å². The number of nitrogens with two attached hydrogens (primary N) is 1. The molecule has 1 aliphatic carbocycles. The van der Waals surface area contributed by atoms with Crippen LogP contribution in [0.15, 0.2) is 18.2 Å². The Labute approximate surface area is 255 Å². The molecule has 240 valence electrons. The van der Waals surface area contributed by atoms with E-state index in [-0.39, 0.29) is 29.7 Å². The number of benzene rings is 1. The Morgan fingerprint density at radius 3 is 2.33 bits per heavy atom. The molecule has 3 rings (SSSR count). The number of aliphatic hydroxyl groups excluding tert-OH is 1. The first-order valence-corrected chi connectivity index (χ1v) is 16.4. The Morgan fingerprint density at radius 1 is 1.02 bits per heavy atom. The summed E-state index contributed by atoms with van der Waals surface area (Å²) < 4.78 is 16.6. The predicted octanol–water partition coefficient (Wildman–Crippen LogP) is 4.66. The summed E-state index contributed by atoms with van der Waals surface area (Å²) in [7, 11) is 3.34. The van der Waals surface area contributed by atoms with Gasteiger partial charge in [0.2, 0.25) is 5.91 Å². The van der Waals surface area contributed by atoms with Crippen LogP contribution in [0.4, 0.5) is 0 Å². The average molecular weight is 590 g/mol. The van der Waals surface area contributed by atoms with E-state index < -0.39 is 12.1 Å². The SMILES string of the molecule is COCCCOc1cc(C[C@@H](C[C@H](N)[C@@H](O)C[C@H](C(=O)NC2CCN(CC3CC3)CC2)C(C)C)C(C)C)ccc1OC. The van der Waals surface area contributed by atoms with Gasteiger partial charge < -0.3 is 35.3 Å². The number of carbonyl (C=O) groups is 1. The molecule has 2 fully saturated rings. The highest BCUT2D eigenvalue weighted by atomic mass is 16.5. The molecule has 8 heteroatoms. The number of hydrogen-bond acceptors (Lipinski definition) is 7. The number of hydrogen-bond donors (Lipinski definition) is 3. The minimum absolute atomic E-state index is 0.0635. The fourth-order valence-electron chi connectivity index (χ4n) is 6.10. The van der Waals surface area contributed by atoms with Gasteiger partial charge in [-0.1, -0.05) is 33.8 Å². The largest absolute Gasteiger partial charge is 0.493 e. The van der Waals surface area contributed by atoms with E-state index in [1.165, 1.54) is 19.4 Å². The fourth-order valence-corrected chi connectivity index (χ4v) is 6.10. The van der Waals surface area contributed by atoms with Crippen molar-refractivity contribution in [3.8, 4) is 11.5 Å². The maximum absolute atomic E-state index is 13.3. The number of nitrogens with one attached hydrogen (secondary N) is 1. The topological polar surface area (TPSA) is 106 Å². The standard InChI is InChI=1S/C34H59N3O5/c1-23(2)27(18-26-10-11-32(41-6)33(19-26)42-17-7-16-40-5)20-30(35)31(38)21-29(24(3)4)34(39)36-28-12-14-37(15-13-28)22-25-8-9-25/h10-11,19,23-25,27-31,38H,7-9,12-18,20-22,35H2,1-6H3,(H,36,39)/t27-,29-,30-,31-/m0/s1. The van der Waals surface area contributed by atoms with E-state index in [1.807, 2.05) is 6.07 Å². The first-order chi connectivity index (χ1) is 20.1. The zero-order chi connectivity index (χ0) is 30.6. The van der Waals surface area contributed by atoms with E-state index in [0.717, 1.165) is 56.0 Å². The second-order valence-electron chi connectivity index (χ2n) is 13.5. The molecule has 4 N–H and O–H groups in total. The van der Waals surface area contributed by atoms with Gasteiger partial charge in [0.15, 0.2) is 11.5 Å². The van der Waals surface area contributed by atoms with Crippen LogP contribution in [-0.4, -0.2) is 81.2 Å². The molecule has 1 aromatic rings. The highest BCUT2D eigenvalue weighted by molar-refractivity contribution is 5.79. The van der Waals surface area contributed by atoms with Gasteiger partial charge in [-0.05, 0) is 86.3 Å². The summed E-state index contributed by atoms with van der Waals surface area (Å²) in [5.41, 5.74) is 7.78. The summed E-state index contributed by atoms with van der Waals surface area (Å²) in [5.74, 6) is 2.94. The van der Waals surface area contributed by atoms with Crippen LogP contribution in [0.3, 0.4) is 0 Å². The lowest BCUT2D eigenvalue weighted by atomic mass is 9.80. The van der Waals surface area contributed by atoms with E-state index in [9.17, 15) is 9.90 Å². The third kappa shape index (κ3) is 11.3. The van der Waals surface area contributed by atoms with Crippen molar-refractivity contribution in [3.63, 3.8) is 0 Å². The van der Waals surface area contributed by atoms with Crippen LogP contribution in [0.2, 0.25) is 0 Å². The lowest BCUT2D eigenvalue weighted by molar-refractivity contribution is -0.128. The predicted molar refractivity (Wildman–Crippen MR) is 169 cm³/mol. The van der Waals surface area contributed by atoms with Gasteiger partial charge in [0.25, 0.3) is 0 Å². The van der Waals surface area contributed by atoms with Gasteiger partial charge in [0, 0.05) is 57.8 Å². The van der Waals surface area contributed by atoms with Crippen molar-refractivity contribution in [3.05, 3.63) is 23.8 Å². The monoisotopic (exact) mass is 589 g/mol. The first-order valence-electron chi connectivity index (χ1n) is 16.4. The molecule has 0 unspecified atom stereocenters. The molecule has 42 heavy (non-hydrogen) atoms. The second-order valence-corrected chi connectivity index (χ2v) is 13.5. The van der Waals surface area contributed by atoms with Crippen LogP contribution in [-0.2, 0) is 16.0 Å². The Hall–Kier alpha value is -1.87. The summed E-state index contributed by atoms with van der Waals surface area (Å²) in [5, 5.41) is 14.5. The summed E-state index contributed by atoms with van der Waals surface area (Å²) in [4.78, 5) is 15.9. The van der Waals surface area contributed by atoms with Crippen LogP contribution in [0.25, 0.3) is 0 Å². The number of likely N-dealkylation sites (tertiary alicyclic amines) is 1. The molecule has 2 aliphatic rings. The summed E-state index contributed by atoms with van der Waals surface area (Å²) >= 11 is 0. The zero-order valence-electron chi connectivity index (χ0n) is 27.1. The maximum Gasteiger partial charge on any atom is 0.223 e. The minimum Gasteiger partial charge on any atom is -0.493 e. The highest BCUT2D eigenvalue weighted by Crippen LogP contribution is 2.32. The molecular weight excluding hydrogens is 530 g/mol. The smallest absolute Gasteiger partial charge is 0.223 e. The van der Waals surface area contributed by atoms with Crippen molar-refractivity contribution in [1.29, 1.82) is 0 Å². The number of rotatable bonds is 19. The number of carbonyl (C=O) groups excluding carboxylic acids is 1. The summed E-state index contributed by atoms with van der Waals surface area (Å²) in [6, 6.07) is 5.91. The van der Waals surface area contributed by atoms with Gasteiger partial charge in [0.05, 0.1) is 19.8 Å². The molecule has 1 aliphatic heterocycles. The zero-order valence-corrected chi connectivity index (χ0v) is 27.1. The quantitative estimate of drug-likeness (QED) is 0.202. The van der Waals surface area contributed by atoms with Crippen LogP contribution in [0.5, 0.6) is 11.5 Å². The van der Waals surface area contributed by atoms with Gasteiger partial charge in [-0.2, -0.15) is 0 Å². The maximum atomic E-state index is 13.3. The third-order valence-electron chi connectivity index (χ3n) is 9.27. The lowest BCUT2D eigenvalue weighted by Gasteiger charge is -2.34. The third-order valence-corrected chi connectivity index (χ3v) is 9.27. The van der Waals surface area contributed by atoms with Gasteiger partial charge in [-0.15, -0.1) is 0 Å². The van der Waals surface area contributed by atoms with Crippen LogP contribution in [0.1, 0.15) is 78.2 Å². The second kappa shape index (κ2) is 17.4. The van der Waals surface area contributed by atoms with Gasteiger partial charge >= 0.3 is 0 Å². The van der Waals surface area contributed by atoms with Crippen LogP contribution in [0, 0.1) is 29.6 Å². The van der Waals surface area contributed by atoms with Crippen molar-refractivity contribution in [1.82, 2.24) is 10.2 Å². The number of piperidine rings is 1. The molecule has 1 saturated carbocycles. The van der Waals surface area contributed by atoms with Crippen molar-refractivity contribution in [2.45, 2.75) is 97.2 Å². The van der Waals surface area contributed by atoms with Crippen LogP contribution >= 0.6 is 0 Å². The first kappa shape index (κ1) is 34.6. The van der Waals surface area contributed by atoms with E-state index in [2.05, 4.69) is 50.0 Å². The van der Waals surface area contributed by atoms with Crippen molar-refractivity contribution >= 4 is 5.91 Å². The molecular formula is C34H59N3O5. The fraction of sp³-hybridized carbons (Fsp3) is 0.794. The molecule has 1 amide bonds. The average Bonchev–Trinajstić information content (AvgIpc) is 3.78. The molecule has 0 bridgehead atoms. The number of methoxy groups -OCH3 is 2. The normalized spacial score (nSPS) is 19.5. The van der Waals surface area contributed by atoms with E-state index >= 15 is 0 Å². The van der Waals surface area contributed by atoms with Gasteiger partial charge in [-0.3, -0.25) is 4.79 Å². The number of aliphatic hydroxyl groups is 1. The Morgan fingerprint density at radius 2 is 1.74 bits per heavy atom. The number of ether oxygens (including phenoxy) is 3. The molecule has 1 heterocycles. The number of nitrogens with zero attached hydrogens (tertiary/aromatic N) is 1. The Kier molecular flexibility index (Phi) is 14.4. The molecule has 1 aromatic carbocycles. The van der Waals surface area contributed by atoms with Gasteiger partial charge in [-0.25, -0.2) is 0 Å². The van der Waals surface area contributed by atoms with E-state index in [4.69, 9.17) is 19.9 Å². The van der Waals surface area contributed by atoms with Crippen LogP contribution < -0.4 is 20.5 Å². The number of amides is 1. The molecule has 0 spiro atoms. The van der Waals surface area contributed by atoms with E-state index in [1.54, 1.807) is 14.2 Å². The summed E-state index contributed by atoms with van der Waals surface area (Å²) in [6.07, 6.45) is 6.73. The van der Waals surface area contributed by atoms with E-state index in [0.29, 0.717) is 37.7 Å². The Balaban J connectivity index is 1.53. The summed E-state index contributed by atoms with van der Waals surface area (Å²) in [6.45, 7) is 13.1.